The second-order valence-electron chi connectivity index (χ2n) is 6.80. The van der Waals surface area contributed by atoms with Crippen LogP contribution in [0.15, 0.2) is 36.7 Å². The number of aromatic nitrogens is 3. The van der Waals surface area contributed by atoms with E-state index in [4.69, 9.17) is 4.74 Å². The Kier molecular flexibility index (Phi) is 6.96. The predicted molar refractivity (Wildman–Crippen MR) is 112 cm³/mol. The van der Waals surface area contributed by atoms with E-state index in [9.17, 15) is 18.0 Å². The maximum Gasteiger partial charge on any atom is 0.416 e. The highest BCUT2D eigenvalue weighted by molar-refractivity contribution is 7.15. The standard InChI is InChI=1S/C20H22F3N5O2S/c1-12(26-18(29)16-10-24-13(2)28(16)8-9-30-3)17-11-25-19(31-17)27-15-6-4-14(5-7-15)20(21,22)23/h4-7,10-12H,8-9H2,1-3H3,(H,25,27)(H,26,29). The molecule has 0 radical (unpaired) electrons. The largest absolute Gasteiger partial charge is 0.416 e. The number of halogens is 3. The summed E-state index contributed by atoms with van der Waals surface area (Å²) in [5.41, 5.74) is 0.214. The van der Waals surface area contributed by atoms with Gasteiger partial charge in [0.05, 0.1) is 24.4 Å². The van der Waals surface area contributed by atoms with Gasteiger partial charge >= 0.3 is 6.18 Å². The van der Waals surface area contributed by atoms with Gasteiger partial charge in [-0.15, -0.1) is 0 Å². The molecule has 0 spiro atoms. The van der Waals surface area contributed by atoms with Gasteiger partial charge in [0.2, 0.25) is 0 Å². The summed E-state index contributed by atoms with van der Waals surface area (Å²) in [6, 6.07) is 4.39. The molecule has 1 atom stereocenters. The molecule has 3 rings (SSSR count). The zero-order chi connectivity index (χ0) is 22.6. The fourth-order valence-corrected chi connectivity index (χ4v) is 3.71. The smallest absolute Gasteiger partial charge is 0.383 e. The molecule has 0 aliphatic heterocycles. The molecule has 11 heteroatoms. The summed E-state index contributed by atoms with van der Waals surface area (Å²) < 4.78 is 44.9. The Morgan fingerprint density at radius 3 is 2.58 bits per heavy atom. The van der Waals surface area contributed by atoms with Gasteiger partial charge in [-0.3, -0.25) is 4.79 Å². The highest BCUT2D eigenvalue weighted by atomic mass is 32.1. The lowest BCUT2D eigenvalue weighted by molar-refractivity contribution is -0.137. The number of nitrogens with one attached hydrogen (secondary N) is 2. The van der Waals surface area contributed by atoms with E-state index in [2.05, 4.69) is 20.6 Å². The maximum atomic E-state index is 12.7. The normalized spacial score (nSPS) is 12.6. The first-order valence-corrected chi connectivity index (χ1v) is 10.2. The van der Waals surface area contributed by atoms with E-state index in [0.717, 1.165) is 22.8 Å². The molecule has 1 aromatic carbocycles. The fourth-order valence-electron chi connectivity index (χ4n) is 2.87. The first-order valence-electron chi connectivity index (χ1n) is 9.41. The van der Waals surface area contributed by atoms with Gasteiger partial charge in [0, 0.05) is 30.4 Å². The van der Waals surface area contributed by atoms with Crippen LogP contribution >= 0.6 is 11.3 Å². The number of methoxy groups -OCH3 is 1. The molecule has 166 valence electrons. The molecule has 0 bridgehead atoms. The number of hydrogen-bond donors (Lipinski definition) is 2. The van der Waals surface area contributed by atoms with Crippen LogP contribution in [0.2, 0.25) is 0 Å². The Morgan fingerprint density at radius 1 is 1.23 bits per heavy atom. The lowest BCUT2D eigenvalue weighted by atomic mass is 10.2. The van der Waals surface area contributed by atoms with E-state index in [0.29, 0.717) is 29.7 Å². The van der Waals surface area contributed by atoms with Crippen LogP contribution in [-0.4, -0.2) is 34.2 Å². The minimum atomic E-state index is -4.38. The zero-order valence-corrected chi connectivity index (χ0v) is 18.0. The van der Waals surface area contributed by atoms with Crippen molar-refractivity contribution in [2.75, 3.05) is 19.0 Å². The minimum Gasteiger partial charge on any atom is -0.383 e. The quantitative estimate of drug-likeness (QED) is 0.523. The summed E-state index contributed by atoms with van der Waals surface area (Å²) in [6.45, 7) is 4.62. The van der Waals surface area contributed by atoms with Crippen molar-refractivity contribution in [2.45, 2.75) is 32.6 Å². The Morgan fingerprint density at radius 2 is 1.94 bits per heavy atom. The highest BCUT2D eigenvalue weighted by Crippen LogP contribution is 2.31. The van der Waals surface area contributed by atoms with Crippen LogP contribution in [0.25, 0.3) is 0 Å². The van der Waals surface area contributed by atoms with Gasteiger partial charge in [0.25, 0.3) is 5.91 Å². The Hall–Kier alpha value is -2.92. The number of amides is 1. The van der Waals surface area contributed by atoms with E-state index in [1.165, 1.54) is 29.7 Å². The zero-order valence-electron chi connectivity index (χ0n) is 17.2. The van der Waals surface area contributed by atoms with Gasteiger partial charge in [-0.05, 0) is 38.1 Å². The van der Waals surface area contributed by atoms with Crippen LogP contribution in [0.1, 0.15) is 39.7 Å². The second kappa shape index (κ2) is 9.48. The third-order valence-electron chi connectivity index (χ3n) is 4.57. The minimum absolute atomic E-state index is 0.269. The number of anilines is 2. The van der Waals surface area contributed by atoms with Gasteiger partial charge < -0.3 is 19.9 Å². The molecule has 3 aromatic rings. The molecule has 0 saturated heterocycles. The van der Waals surface area contributed by atoms with E-state index in [1.807, 2.05) is 13.8 Å². The summed E-state index contributed by atoms with van der Waals surface area (Å²) in [5, 5.41) is 6.41. The molecule has 0 fully saturated rings. The van der Waals surface area contributed by atoms with Gasteiger partial charge in [-0.25, -0.2) is 9.97 Å². The number of hydrogen-bond acceptors (Lipinski definition) is 6. The summed E-state index contributed by atoms with van der Waals surface area (Å²) in [6.07, 6.45) is -1.23. The summed E-state index contributed by atoms with van der Waals surface area (Å²) >= 11 is 1.30. The molecule has 7 nitrogen and oxygen atoms in total. The molecule has 0 aliphatic carbocycles. The van der Waals surface area contributed by atoms with Crippen molar-refractivity contribution in [3.05, 3.63) is 58.6 Å². The number of imidazole rings is 1. The van der Waals surface area contributed by atoms with Gasteiger partial charge in [-0.1, -0.05) is 11.3 Å². The third-order valence-corrected chi connectivity index (χ3v) is 5.66. The summed E-state index contributed by atoms with van der Waals surface area (Å²) in [5.74, 6) is 0.450. The number of thiazole rings is 1. The molecule has 2 aromatic heterocycles. The molecule has 2 N–H and O–H groups in total. The SMILES string of the molecule is COCCn1c(C(=O)NC(C)c2cnc(Nc3ccc(C(F)(F)F)cc3)s2)cnc1C. The molecule has 0 aliphatic rings. The Bertz CT molecular complexity index is 1030. The molecular weight excluding hydrogens is 431 g/mol. The van der Waals surface area contributed by atoms with Crippen LogP contribution < -0.4 is 10.6 Å². The van der Waals surface area contributed by atoms with Crippen molar-refractivity contribution in [3.8, 4) is 0 Å². The molecule has 0 saturated carbocycles. The maximum absolute atomic E-state index is 12.7. The number of ether oxygens (including phenoxy) is 1. The molecule has 1 amide bonds. The van der Waals surface area contributed by atoms with E-state index >= 15 is 0 Å². The first-order chi connectivity index (χ1) is 14.7. The number of carbonyl (C=O) groups is 1. The average Bonchev–Trinajstić information content (AvgIpc) is 3.33. The van der Waals surface area contributed by atoms with Crippen molar-refractivity contribution < 1.29 is 22.7 Å². The van der Waals surface area contributed by atoms with Gasteiger partial charge in [0.15, 0.2) is 5.13 Å². The Balaban J connectivity index is 1.64. The predicted octanol–water partition coefficient (Wildman–Crippen LogP) is 4.55. The monoisotopic (exact) mass is 453 g/mol. The van der Waals surface area contributed by atoms with Crippen LogP contribution in [0.5, 0.6) is 0 Å². The second-order valence-corrected chi connectivity index (χ2v) is 7.86. The third kappa shape index (κ3) is 5.61. The number of nitrogens with zero attached hydrogens (tertiary/aromatic N) is 3. The summed E-state index contributed by atoms with van der Waals surface area (Å²) in [4.78, 5) is 21.9. The average molecular weight is 453 g/mol. The molecular formula is C20H22F3N5O2S. The van der Waals surface area contributed by atoms with Crippen molar-refractivity contribution in [2.24, 2.45) is 0 Å². The number of alkyl halides is 3. The van der Waals surface area contributed by atoms with E-state index in [-0.39, 0.29) is 11.9 Å². The van der Waals surface area contributed by atoms with E-state index in [1.54, 1.807) is 17.9 Å². The number of rotatable bonds is 8. The topological polar surface area (TPSA) is 81.1 Å². The fraction of sp³-hybridized carbons (Fsp3) is 0.350. The Labute approximate surface area is 181 Å². The van der Waals surface area contributed by atoms with Crippen molar-refractivity contribution in [3.63, 3.8) is 0 Å². The van der Waals surface area contributed by atoms with Crippen molar-refractivity contribution >= 4 is 28.1 Å². The van der Waals surface area contributed by atoms with Crippen LogP contribution in [0.4, 0.5) is 24.0 Å². The van der Waals surface area contributed by atoms with E-state index < -0.39 is 11.7 Å². The summed E-state index contributed by atoms with van der Waals surface area (Å²) in [7, 11) is 1.59. The number of benzene rings is 1. The van der Waals surface area contributed by atoms with Gasteiger partial charge in [-0.2, -0.15) is 13.2 Å². The van der Waals surface area contributed by atoms with Gasteiger partial charge in [0.1, 0.15) is 11.5 Å². The van der Waals surface area contributed by atoms with Crippen molar-refractivity contribution in [1.29, 1.82) is 0 Å². The van der Waals surface area contributed by atoms with Crippen molar-refractivity contribution in [1.82, 2.24) is 19.9 Å². The van der Waals surface area contributed by atoms with Crippen LogP contribution in [0.3, 0.4) is 0 Å². The molecule has 1 unspecified atom stereocenters. The lowest BCUT2D eigenvalue weighted by Crippen LogP contribution is -2.28. The first kappa shape index (κ1) is 22.8. The number of aryl methyl sites for hydroxylation is 1. The van der Waals surface area contributed by atoms with Crippen LogP contribution in [-0.2, 0) is 17.5 Å². The number of carbonyl (C=O) groups excluding carboxylic acids is 1. The molecule has 2 heterocycles. The lowest BCUT2D eigenvalue weighted by Gasteiger charge is -2.14. The highest BCUT2D eigenvalue weighted by Gasteiger charge is 2.30. The van der Waals surface area contributed by atoms with Crippen LogP contribution in [0, 0.1) is 6.92 Å². The molecule has 31 heavy (non-hydrogen) atoms.